The molecule has 0 aliphatic carbocycles. The summed E-state index contributed by atoms with van der Waals surface area (Å²) in [6, 6.07) is 0. The summed E-state index contributed by atoms with van der Waals surface area (Å²) in [7, 11) is -0.0986. The second-order valence-electron chi connectivity index (χ2n) is 1.74. The highest BCUT2D eigenvalue weighted by Gasteiger charge is 1.86. The summed E-state index contributed by atoms with van der Waals surface area (Å²) >= 11 is 0. The van der Waals surface area contributed by atoms with Gasteiger partial charge in [-0.25, -0.2) is 0 Å². The lowest BCUT2D eigenvalue weighted by molar-refractivity contribution is 0.236. The standard InChI is InChI=1S/C6H14OSi/c1-4-5-7-6(2)8-3/h2,4-5,8H2,1,3H3. The van der Waals surface area contributed by atoms with E-state index in [-0.39, 0.29) is 9.52 Å². The third kappa shape index (κ3) is 3.93. The van der Waals surface area contributed by atoms with Crippen molar-refractivity contribution in [3.05, 3.63) is 12.0 Å². The Morgan fingerprint density at radius 1 is 1.75 bits per heavy atom. The fraction of sp³-hybridized carbons (Fsp3) is 0.667. The van der Waals surface area contributed by atoms with Crippen molar-refractivity contribution < 1.29 is 4.74 Å². The van der Waals surface area contributed by atoms with Gasteiger partial charge in [-0.05, 0) is 6.42 Å². The summed E-state index contributed by atoms with van der Waals surface area (Å²) in [5.41, 5.74) is 0. The predicted octanol–water partition coefficient (Wildman–Crippen LogP) is 1.10. The van der Waals surface area contributed by atoms with Crippen LogP contribution in [0.15, 0.2) is 12.0 Å². The molecule has 0 aliphatic rings. The lowest BCUT2D eigenvalue weighted by Crippen LogP contribution is -1.96. The van der Waals surface area contributed by atoms with Gasteiger partial charge in [-0.1, -0.05) is 20.0 Å². The first kappa shape index (κ1) is 7.76. The van der Waals surface area contributed by atoms with E-state index >= 15 is 0 Å². The first-order valence-electron chi connectivity index (χ1n) is 3.11. The zero-order valence-corrected chi connectivity index (χ0v) is 7.15. The minimum atomic E-state index is -0.0986. The quantitative estimate of drug-likeness (QED) is 0.409. The Hall–Kier alpha value is -0.243. The molecule has 0 bridgehead atoms. The van der Waals surface area contributed by atoms with Crippen LogP contribution in [0.2, 0.25) is 6.55 Å². The topological polar surface area (TPSA) is 9.23 Å². The van der Waals surface area contributed by atoms with E-state index in [2.05, 4.69) is 20.0 Å². The Balaban J connectivity index is 2.99. The van der Waals surface area contributed by atoms with Gasteiger partial charge in [-0.3, -0.25) is 0 Å². The van der Waals surface area contributed by atoms with Crippen molar-refractivity contribution >= 4 is 9.52 Å². The van der Waals surface area contributed by atoms with Crippen LogP contribution in [0.1, 0.15) is 13.3 Å². The van der Waals surface area contributed by atoms with Crippen LogP contribution in [-0.4, -0.2) is 16.1 Å². The maximum absolute atomic E-state index is 5.21. The van der Waals surface area contributed by atoms with E-state index in [1.165, 1.54) is 0 Å². The second kappa shape index (κ2) is 4.90. The first-order chi connectivity index (χ1) is 3.81. The number of hydrogen-bond acceptors (Lipinski definition) is 1. The fourth-order valence-electron chi connectivity index (χ4n) is 0.348. The molecule has 0 unspecified atom stereocenters. The molecule has 0 aromatic rings. The van der Waals surface area contributed by atoms with Gasteiger partial charge in [0.15, 0.2) is 0 Å². The van der Waals surface area contributed by atoms with E-state index in [9.17, 15) is 0 Å². The van der Waals surface area contributed by atoms with Gasteiger partial charge in [0.25, 0.3) is 0 Å². The van der Waals surface area contributed by atoms with E-state index in [1.54, 1.807) is 0 Å². The molecule has 0 spiro atoms. The van der Waals surface area contributed by atoms with Gasteiger partial charge in [-0.2, -0.15) is 0 Å². The molecule has 8 heavy (non-hydrogen) atoms. The van der Waals surface area contributed by atoms with Crippen molar-refractivity contribution in [3.63, 3.8) is 0 Å². The highest BCUT2D eigenvalue weighted by Crippen LogP contribution is 1.90. The zero-order chi connectivity index (χ0) is 6.41. The summed E-state index contributed by atoms with van der Waals surface area (Å²) in [6.45, 7) is 8.88. The van der Waals surface area contributed by atoms with E-state index in [1.807, 2.05) is 0 Å². The van der Waals surface area contributed by atoms with E-state index in [4.69, 9.17) is 4.74 Å². The molecule has 1 nitrogen and oxygen atoms in total. The Kier molecular flexibility index (Phi) is 4.76. The average Bonchev–Trinajstić information content (AvgIpc) is 1.83. The lowest BCUT2D eigenvalue weighted by atomic mass is 10.5. The van der Waals surface area contributed by atoms with Crippen molar-refractivity contribution in [2.45, 2.75) is 19.9 Å². The molecule has 0 radical (unpaired) electrons. The molecule has 0 saturated heterocycles. The molecule has 0 amide bonds. The van der Waals surface area contributed by atoms with Crippen molar-refractivity contribution in [1.82, 2.24) is 0 Å². The van der Waals surface area contributed by atoms with Crippen LogP contribution in [0, 0.1) is 0 Å². The first-order valence-corrected chi connectivity index (χ1v) is 5.24. The number of hydrogen-bond donors (Lipinski definition) is 0. The maximum atomic E-state index is 5.21. The molecular weight excluding hydrogens is 116 g/mol. The normalized spacial score (nSPS) is 10.2. The molecule has 2 heteroatoms. The van der Waals surface area contributed by atoms with E-state index in [0.29, 0.717) is 0 Å². The van der Waals surface area contributed by atoms with Gasteiger partial charge in [-0.15, -0.1) is 0 Å². The smallest absolute Gasteiger partial charge is 0.0955 e. The molecule has 0 fully saturated rings. The van der Waals surface area contributed by atoms with Gasteiger partial charge in [0.2, 0.25) is 0 Å². The van der Waals surface area contributed by atoms with Crippen molar-refractivity contribution in [2.24, 2.45) is 0 Å². The van der Waals surface area contributed by atoms with Crippen molar-refractivity contribution in [2.75, 3.05) is 6.61 Å². The van der Waals surface area contributed by atoms with Gasteiger partial charge < -0.3 is 4.74 Å². The summed E-state index contributed by atoms with van der Waals surface area (Å²) in [4.78, 5) is 0. The highest BCUT2D eigenvalue weighted by atomic mass is 28.2. The molecule has 0 aromatic carbocycles. The summed E-state index contributed by atoms with van der Waals surface area (Å²) in [5, 5.41) is 1.03. The monoisotopic (exact) mass is 130 g/mol. The Bertz CT molecular complexity index is 70.9. The minimum Gasteiger partial charge on any atom is -0.504 e. The summed E-state index contributed by atoms with van der Waals surface area (Å²) in [6.07, 6.45) is 1.09. The molecule has 0 saturated carbocycles. The van der Waals surface area contributed by atoms with Gasteiger partial charge in [0, 0.05) is 0 Å². The van der Waals surface area contributed by atoms with Gasteiger partial charge >= 0.3 is 0 Å². The Morgan fingerprint density at radius 2 is 2.38 bits per heavy atom. The third-order valence-electron chi connectivity index (χ3n) is 0.905. The maximum Gasteiger partial charge on any atom is 0.0955 e. The van der Waals surface area contributed by atoms with Gasteiger partial charge in [0.05, 0.1) is 21.5 Å². The van der Waals surface area contributed by atoms with Crippen molar-refractivity contribution in [1.29, 1.82) is 0 Å². The fourth-order valence-corrected chi connectivity index (χ4v) is 0.697. The van der Waals surface area contributed by atoms with Crippen LogP contribution in [0.4, 0.5) is 0 Å². The molecule has 0 rings (SSSR count). The molecule has 0 aromatic heterocycles. The van der Waals surface area contributed by atoms with E-state index in [0.717, 1.165) is 18.4 Å². The van der Waals surface area contributed by atoms with Crippen LogP contribution in [0.3, 0.4) is 0 Å². The predicted molar refractivity (Wildman–Crippen MR) is 39.8 cm³/mol. The molecular formula is C6H14OSi. The van der Waals surface area contributed by atoms with Gasteiger partial charge in [0.1, 0.15) is 0 Å². The highest BCUT2D eigenvalue weighted by molar-refractivity contribution is 6.42. The zero-order valence-electron chi connectivity index (χ0n) is 5.74. The van der Waals surface area contributed by atoms with Crippen LogP contribution in [0.5, 0.6) is 0 Å². The van der Waals surface area contributed by atoms with Crippen molar-refractivity contribution in [3.8, 4) is 0 Å². The number of ether oxygens (including phenoxy) is 1. The van der Waals surface area contributed by atoms with E-state index < -0.39 is 0 Å². The summed E-state index contributed by atoms with van der Waals surface area (Å²) in [5.74, 6) is 0. The Morgan fingerprint density at radius 3 is 2.75 bits per heavy atom. The molecule has 0 heterocycles. The molecule has 0 aliphatic heterocycles. The second-order valence-corrected chi connectivity index (χ2v) is 3.24. The van der Waals surface area contributed by atoms with Crippen LogP contribution in [0.25, 0.3) is 0 Å². The number of rotatable bonds is 4. The third-order valence-corrected chi connectivity index (χ3v) is 1.90. The average molecular weight is 130 g/mol. The molecule has 0 atom stereocenters. The largest absolute Gasteiger partial charge is 0.504 e. The SMILES string of the molecule is C=C(OCCC)[SiH2]C. The Labute approximate surface area is 53.6 Å². The molecule has 48 valence electrons. The minimum absolute atomic E-state index is 0.0986. The summed E-state index contributed by atoms with van der Waals surface area (Å²) < 4.78 is 5.21. The molecule has 0 N–H and O–H groups in total. The lowest BCUT2D eigenvalue weighted by Gasteiger charge is -2.02. The van der Waals surface area contributed by atoms with Crippen LogP contribution < -0.4 is 0 Å². The van der Waals surface area contributed by atoms with Crippen LogP contribution >= 0.6 is 0 Å². The van der Waals surface area contributed by atoms with Crippen LogP contribution in [-0.2, 0) is 4.74 Å².